The van der Waals surface area contributed by atoms with Gasteiger partial charge in [-0.1, -0.05) is 0 Å². The normalized spacial score (nSPS) is 7.27. The lowest BCUT2D eigenvalue weighted by atomic mass is 10.7. The molecule has 3 heteroatoms. The van der Waals surface area contributed by atoms with Crippen molar-refractivity contribution in [2.75, 3.05) is 0 Å². The molecule has 0 radical (unpaired) electrons. The minimum atomic E-state index is 0. The van der Waals surface area contributed by atoms with E-state index in [1.165, 1.54) is 0 Å². The molecule has 2 aromatic heterocycles. The molecule has 0 saturated carbocycles. The first-order chi connectivity index (χ1) is 5.00. The Labute approximate surface area is 68.2 Å². The fourth-order valence-corrected chi connectivity index (χ4v) is 0.556. The molecule has 0 bridgehead atoms. The summed E-state index contributed by atoms with van der Waals surface area (Å²) in [6.07, 6.45) is 7.50. The fraction of sp³-hybridized carbons (Fsp3) is 0. The van der Waals surface area contributed by atoms with Crippen molar-refractivity contribution in [3.05, 3.63) is 49.1 Å². The number of H-pyrrole nitrogens is 2. The Balaban J connectivity index is 0.000000167. The van der Waals surface area contributed by atoms with Crippen LogP contribution in [0, 0.1) is 0 Å². The molecule has 2 nitrogen and oxygen atoms in total. The highest BCUT2D eigenvalue weighted by Gasteiger charge is 1.56. The zero-order chi connectivity index (χ0) is 7.07. The SMILES string of the molecule is B.c1cc[nH]c1.c1cc[nH]c1. The van der Waals surface area contributed by atoms with Gasteiger partial charge in [0.1, 0.15) is 0 Å². The van der Waals surface area contributed by atoms with E-state index in [9.17, 15) is 0 Å². The Kier molecular flexibility index (Phi) is 5.90. The average molecular weight is 148 g/mol. The predicted octanol–water partition coefficient (Wildman–Crippen LogP) is 0.845. The summed E-state index contributed by atoms with van der Waals surface area (Å²) in [6, 6.07) is 7.78. The Bertz CT molecular complexity index is 151. The highest BCUT2D eigenvalue weighted by Crippen LogP contribution is 1.72. The average Bonchev–Trinajstić information content (AvgIpc) is 2.67. The van der Waals surface area contributed by atoms with E-state index in [0.717, 1.165) is 0 Å². The van der Waals surface area contributed by atoms with E-state index in [-0.39, 0.29) is 8.41 Å². The minimum absolute atomic E-state index is 0. The summed E-state index contributed by atoms with van der Waals surface area (Å²) < 4.78 is 0. The Morgan fingerprint density at radius 3 is 0.909 bits per heavy atom. The number of rotatable bonds is 0. The predicted molar refractivity (Wildman–Crippen MR) is 51.5 cm³/mol. The molecule has 0 aliphatic rings. The molecule has 2 rings (SSSR count). The topological polar surface area (TPSA) is 31.6 Å². The molecule has 0 atom stereocenters. The number of hydrogen-bond donors (Lipinski definition) is 2. The number of aromatic nitrogens is 2. The Morgan fingerprint density at radius 2 is 0.818 bits per heavy atom. The summed E-state index contributed by atoms with van der Waals surface area (Å²) in [5.41, 5.74) is 0. The maximum atomic E-state index is 2.86. The van der Waals surface area contributed by atoms with Crippen molar-refractivity contribution in [1.29, 1.82) is 0 Å². The first kappa shape index (κ1) is 9.62. The smallest absolute Gasteiger partial charge is 0.0814 e. The van der Waals surface area contributed by atoms with E-state index in [0.29, 0.717) is 0 Å². The van der Waals surface area contributed by atoms with Crippen molar-refractivity contribution in [3.63, 3.8) is 0 Å². The number of nitrogens with one attached hydrogen (secondary N) is 2. The summed E-state index contributed by atoms with van der Waals surface area (Å²) in [7, 11) is 0. The lowest BCUT2D eigenvalue weighted by molar-refractivity contribution is 1.41. The quantitative estimate of drug-likeness (QED) is 0.519. The zero-order valence-corrected chi connectivity index (χ0v) is 5.62. The maximum absolute atomic E-state index is 2.86. The molecular formula is C8H13BN2. The molecule has 0 aliphatic carbocycles. The molecule has 11 heavy (non-hydrogen) atoms. The van der Waals surface area contributed by atoms with Gasteiger partial charge in [-0.05, 0) is 24.3 Å². The van der Waals surface area contributed by atoms with Crippen LogP contribution in [-0.4, -0.2) is 18.4 Å². The Hall–Kier alpha value is -1.38. The van der Waals surface area contributed by atoms with E-state index in [1.807, 2.05) is 49.1 Å². The maximum Gasteiger partial charge on any atom is 0.0814 e. The molecule has 0 unspecified atom stereocenters. The van der Waals surface area contributed by atoms with Gasteiger partial charge in [-0.15, -0.1) is 0 Å². The summed E-state index contributed by atoms with van der Waals surface area (Å²) in [4.78, 5) is 5.72. The van der Waals surface area contributed by atoms with Crippen LogP contribution in [0.2, 0.25) is 0 Å². The van der Waals surface area contributed by atoms with Crippen LogP contribution in [0.1, 0.15) is 0 Å². The van der Waals surface area contributed by atoms with Crippen LogP contribution in [0.15, 0.2) is 49.1 Å². The molecule has 0 aromatic carbocycles. The monoisotopic (exact) mass is 148 g/mol. The number of aromatic amines is 2. The van der Waals surface area contributed by atoms with Crippen molar-refractivity contribution in [2.24, 2.45) is 0 Å². The lowest BCUT2D eigenvalue weighted by Crippen LogP contribution is -1.38. The van der Waals surface area contributed by atoms with Gasteiger partial charge >= 0.3 is 0 Å². The molecule has 2 heterocycles. The summed E-state index contributed by atoms with van der Waals surface area (Å²) in [5.74, 6) is 0. The van der Waals surface area contributed by atoms with E-state index in [2.05, 4.69) is 9.97 Å². The highest BCUT2D eigenvalue weighted by molar-refractivity contribution is 5.75. The van der Waals surface area contributed by atoms with Crippen molar-refractivity contribution in [1.82, 2.24) is 9.97 Å². The molecule has 2 N–H and O–H groups in total. The van der Waals surface area contributed by atoms with Gasteiger partial charge < -0.3 is 9.97 Å². The van der Waals surface area contributed by atoms with Gasteiger partial charge in [0.2, 0.25) is 0 Å². The Morgan fingerprint density at radius 1 is 0.545 bits per heavy atom. The van der Waals surface area contributed by atoms with Crippen LogP contribution >= 0.6 is 0 Å². The summed E-state index contributed by atoms with van der Waals surface area (Å²) in [5, 5.41) is 0. The molecular weight excluding hydrogens is 135 g/mol. The molecule has 0 spiro atoms. The summed E-state index contributed by atoms with van der Waals surface area (Å²) >= 11 is 0. The number of hydrogen-bond acceptors (Lipinski definition) is 0. The molecule has 58 valence electrons. The van der Waals surface area contributed by atoms with E-state index < -0.39 is 0 Å². The third kappa shape index (κ3) is 5.09. The minimum Gasteiger partial charge on any atom is -0.368 e. The third-order valence-electron chi connectivity index (χ3n) is 0.992. The van der Waals surface area contributed by atoms with Crippen LogP contribution in [0.3, 0.4) is 0 Å². The lowest BCUT2D eigenvalue weighted by Gasteiger charge is -1.49. The van der Waals surface area contributed by atoms with Gasteiger partial charge in [-0.3, -0.25) is 0 Å². The van der Waals surface area contributed by atoms with Crippen LogP contribution in [0.25, 0.3) is 0 Å². The van der Waals surface area contributed by atoms with Crippen LogP contribution in [0.4, 0.5) is 0 Å². The van der Waals surface area contributed by atoms with E-state index >= 15 is 0 Å². The van der Waals surface area contributed by atoms with Gasteiger partial charge in [0, 0.05) is 24.8 Å². The van der Waals surface area contributed by atoms with Crippen molar-refractivity contribution >= 4 is 8.41 Å². The van der Waals surface area contributed by atoms with Crippen molar-refractivity contribution < 1.29 is 0 Å². The molecule has 0 fully saturated rings. The largest absolute Gasteiger partial charge is 0.368 e. The molecule has 2 aromatic rings. The van der Waals surface area contributed by atoms with Crippen molar-refractivity contribution in [3.8, 4) is 0 Å². The van der Waals surface area contributed by atoms with E-state index in [1.54, 1.807) is 0 Å². The van der Waals surface area contributed by atoms with Gasteiger partial charge in [-0.25, -0.2) is 0 Å². The second-order valence-electron chi connectivity index (χ2n) is 1.77. The fourth-order valence-electron chi connectivity index (χ4n) is 0.556. The zero-order valence-electron chi connectivity index (χ0n) is 5.62. The van der Waals surface area contributed by atoms with Gasteiger partial charge in [-0.2, -0.15) is 0 Å². The van der Waals surface area contributed by atoms with Gasteiger partial charge in [0.25, 0.3) is 0 Å². The van der Waals surface area contributed by atoms with Gasteiger partial charge in [0.05, 0.1) is 8.41 Å². The van der Waals surface area contributed by atoms with Crippen molar-refractivity contribution in [2.45, 2.75) is 0 Å². The van der Waals surface area contributed by atoms with Crippen LogP contribution in [-0.2, 0) is 0 Å². The highest BCUT2D eigenvalue weighted by atomic mass is 14.6. The summed E-state index contributed by atoms with van der Waals surface area (Å²) in [6.45, 7) is 0. The van der Waals surface area contributed by atoms with Crippen LogP contribution in [0.5, 0.6) is 0 Å². The molecule has 0 saturated heterocycles. The second kappa shape index (κ2) is 6.74. The second-order valence-corrected chi connectivity index (χ2v) is 1.77. The molecule has 0 aliphatic heterocycles. The first-order valence-corrected chi connectivity index (χ1v) is 3.15. The van der Waals surface area contributed by atoms with E-state index in [4.69, 9.17) is 0 Å². The third-order valence-corrected chi connectivity index (χ3v) is 0.992. The first-order valence-electron chi connectivity index (χ1n) is 3.15. The van der Waals surface area contributed by atoms with Crippen LogP contribution < -0.4 is 0 Å². The van der Waals surface area contributed by atoms with Gasteiger partial charge in [0.15, 0.2) is 0 Å². The molecule has 0 amide bonds. The standard InChI is InChI=1S/2C4H5N.BH3/c2*1-2-4-5-3-1;/h2*1-5H;1H3.